The largest absolute Gasteiger partial charge is 0.497 e. The predicted octanol–water partition coefficient (Wildman–Crippen LogP) is 1.72. The molecule has 3 N–H and O–H groups in total. The Morgan fingerprint density at radius 1 is 1.21 bits per heavy atom. The van der Waals surface area contributed by atoms with Crippen LogP contribution < -0.4 is 10.1 Å². The molecule has 1 rings (SSSR count). The van der Waals surface area contributed by atoms with Gasteiger partial charge in [0, 0.05) is 12.6 Å². The Morgan fingerprint density at radius 2 is 1.89 bits per heavy atom. The lowest BCUT2D eigenvalue weighted by atomic mass is 9.93. The van der Waals surface area contributed by atoms with E-state index in [9.17, 15) is 10.2 Å². The molecule has 0 aromatic heterocycles. The van der Waals surface area contributed by atoms with Gasteiger partial charge in [-0.3, -0.25) is 0 Å². The number of hydrogen-bond donors (Lipinski definition) is 3. The molecule has 1 aromatic rings. The number of benzene rings is 1. The highest BCUT2D eigenvalue weighted by Crippen LogP contribution is 2.25. The van der Waals surface area contributed by atoms with Gasteiger partial charge >= 0.3 is 0 Å². The summed E-state index contributed by atoms with van der Waals surface area (Å²) >= 11 is 0. The number of nitrogens with one attached hydrogen (secondary N) is 1. The van der Waals surface area contributed by atoms with Crippen molar-refractivity contribution in [1.82, 2.24) is 5.32 Å². The molecule has 3 unspecified atom stereocenters. The maximum Gasteiger partial charge on any atom is 0.119 e. The molecule has 0 amide bonds. The molecule has 108 valence electrons. The number of hydrogen-bond acceptors (Lipinski definition) is 4. The standard InChI is InChI=1S/C15H25NO3/c1-10(2)14(16-9-11(3)17)15(18)12-6-5-7-13(8-12)19-4/h5-8,10-11,14-18H,9H2,1-4H3. The summed E-state index contributed by atoms with van der Waals surface area (Å²) in [6, 6.07) is 7.32. The number of ether oxygens (including phenoxy) is 1. The minimum Gasteiger partial charge on any atom is -0.497 e. The fourth-order valence-corrected chi connectivity index (χ4v) is 2.05. The Balaban J connectivity index is 2.82. The highest BCUT2D eigenvalue weighted by molar-refractivity contribution is 5.30. The fourth-order valence-electron chi connectivity index (χ4n) is 2.05. The van der Waals surface area contributed by atoms with Gasteiger partial charge in [0.1, 0.15) is 5.75 Å². The Bertz CT molecular complexity index is 379. The van der Waals surface area contributed by atoms with Crippen LogP contribution in [-0.2, 0) is 0 Å². The minimum atomic E-state index is -0.631. The quantitative estimate of drug-likeness (QED) is 0.704. The zero-order chi connectivity index (χ0) is 14.4. The minimum absolute atomic E-state index is 0.110. The Hall–Kier alpha value is -1.10. The summed E-state index contributed by atoms with van der Waals surface area (Å²) in [5.41, 5.74) is 0.816. The van der Waals surface area contributed by atoms with Crippen molar-refractivity contribution in [2.45, 2.75) is 39.0 Å². The maximum atomic E-state index is 10.5. The van der Waals surface area contributed by atoms with Gasteiger partial charge in [0.15, 0.2) is 0 Å². The van der Waals surface area contributed by atoms with Crippen LogP contribution in [0.4, 0.5) is 0 Å². The van der Waals surface area contributed by atoms with Gasteiger partial charge in [-0.15, -0.1) is 0 Å². The van der Waals surface area contributed by atoms with Crippen molar-refractivity contribution in [3.8, 4) is 5.75 Å². The molecule has 3 atom stereocenters. The third-order valence-corrected chi connectivity index (χ3v) is 3.14. The van der Waals surface area contributed by atoms with Crippen LogP contribution in [-0.4, -0.2) is 36.0 Å². The van der Waals surface area contributed by atoms with Gasteiger partial charge in [-0.25, -0.2) is 0 Å². The maximum absolute atomic E-state index is 10.5. The van der Waals surface area contributed by atoms with Crippen molar-refractivity contribution in [3.63, 3.8) is 0 Å². The van der Waals surface area contributed by atoms with Gasteiger partial charge in [0.2, 0.25) is 0 Å². The van der Waals surface area contributed by atoms with Crippen molar-refractivity contribution in [3.05, 3.63) is 29.8 Å². The van der Waals surface area contributed by atoms with Gasteiger partial charge in [-0.05, 0) is 30.5 Å². The van der Waals surface area contributed by atoms with Gasteiger partial charge in [-0.2, -0.15) is 0 Å². The lowest BCUT2D eigenvalue weighted by molar-refractivity contribution is 0.0929. The molecular weight excluding hydrogens is 242 g/mol. The first-order chi connectivity index (χ1) is 8.95. The van der Waals surface area contributed by atoms with E-state index in [1.165, 1.54) is 0 Å². The Morgan fingerprint density at radius 3 is 2.42 bits per heavy atom. The van der Waals surface area contributed by atoms with Crippen molar-refractivity contribution in [2.75, 3.05) is 13.7 Å². The molecule has 0 radical (unpaired) electrons. The molecule has 0 spiro atoms. The van der Waals surface area contributed by atoms with E-state index in [-0.39, 0.29) is 12.0 Å². The first kappa shape index (κ1) is 16.0. The van der Waals surface area contributed by atoms with Crippen LogP contribution in [0.3, 0.4) is 0 Å². The van der Waals surface area contributed by atoms with Crippen LogP contribution >= 0.6 is 0 Å². The van der Waals surface area contributed by atoms with E-state index in [2.05, 4.69) is 5.32 Å². The van der Waals surface area contributed by atoms with E-state index in [4.69, 9.17) is 4.74 Å². The topological polar surface area (TPSA) is 61.7 Å². The van der Waals surface area contributed by atoms with Crippen molar-refractivity contribution < 1.29 is 14.9 Å². The zero-order valence-corrected chi connectivity index (χ0v) is 12.1. The molecule has 0 fully saturated rings. The van der Waals surface area contributed by atoms with E-state index in [0.717, 1.165) is 11.3 Å². The van der Waals surface area contributed by atoms with E-state index < -0.39 is 12.2 Å². The summed E-state index contributed by atoms with van der Waals surface area (Å²) in [5.74, 6) is 0.981. The fraction of sp³-hybridized carbons (Fsp3) is 0.600. The first-order valence-electron chi connectivity index (χ1n) is 6.69. The van der Waals surface area contributed by atoms with Gasteiger partial charge in [0.05, 0.1) is 19.3 Å². The van der Waals surface area contributed by atoms with Gasteiger partial charge in [0.25, 0.3) is 0 Å². The normalized spacial score (nSPS) is 16.2. The lowest BCUT2D eigenvalue weighted by Gasteiger charge is -2.28. The highest BCUT2D eigenvalue weighted by atomic mass is 16.5. The van der Waals surface area contributed by atoms with Gasteiger partial charge < -0.3 is 20.3 Å². The highest BCUT2D eigenvalue weighted by Gasteiger charge is 2.24. The Labute approximate surface area is 115 Å². The summed E-state index contributed by atoms with van der Waals surface area (Å²) in [7, 11) is 1.61. The van der Waals surface area contributed by atoms with E-state index in [1.807, 2.05) is 38.1 Å². The van der Waals surface area contributed by atoms with Crippen LogP contribution in [0.25, 0.3) is 0 Å². The molecule has 0 aliphatic heterocycles. The zero-order valence-electron chi connectivity index (χ0n) is 12.1. The summed E-state index contributed by atoms with van der Waals surface area (Å²) in [6.45, 7) is 6.28. The second kappa shape index (κ2) is 7.48. The molecular formula is C15H25NO3. The van der Waals surface area contributed by atoms with Crippen molar-refractivity contribution in [2.24, 2.45) is 5.92 Å². The molecule has 0 aliphatic carbocycles. The van der Waals surface area contributed by atoms with Gasteiger partial charge in [-0.1, -0.05) is 26.0 Å². The molecule has 1 aromatic carbocycles. The molecule has 4 nitrogen and oxygen atoms in total. The molecule has 0 saturated heterocycles. The molecule has 0 aliphatic rings. The van der Waals surface area contributed by atoms with Crippen molar-refractivity contribution in [1.29, 1.82) is 0 Å². The third-order valence-electron chi connectivity index (χ3n) is 3.14. The molecule has 0 bridgehead atoms. The molecule has 0 saturated carbocycles. The number of aliphatic hydroxyl groups excluding tert-OH is 2. The molecule has 19 heavy (non-hydrogen) atoms. The monoisotopic (exact) mass is 267 g/mol. The first-order valence-corrected chi connectivity index (χ1v) is 6.69. The van der Waals surface area contributed by atoms with Crippen LogP contribution in [0.15, 0.2) is 24.3 Å². The van der Waals surface area contributed by atoms with Crippen LogP contribution in [0.1, 0.15) is 32.4 Å². The predicted molar refractivity (Wildman–Crippen MR) is 76.3 cm³/mol. The summed E-state index contributed by atoms with van der Waals surface area (Å²) < 4.78 is 5.17. The average Bonchev–Trinajstić information content (AvgIpc) is 2.38. The smallest absolute Gasteiger partial charge is 0.119 e. The lowest BCUT2D eigenvalue weighted by Crippen LogP contribution is -2.42. The number of methoxy groups -OCH3 is 1. The Kier molecular flexibility index (Phi) is 6.28. The second-order valence-corrected chi connectivity index (χ2v) is 5.25. The summed E-state index contributed by atoms with van der Waals surface area (Å²) in [4.78, 5) is 0. The number of aliphatic hydroxyl groups is 2. The van der Waals surface area contributed by atoms with E-state index >= 15 is 0 Å². The van der Waals surface area contributed by atoms with E-state index in [1.54, 1.807) is 14.0 Å². The average molecular weight is 267 g/mol. The third kappa shape index (κ3) is 4.82. The second-order valence-electron chi connectivity index (χ2n) is 5.25. The number of rotatable bonds is 7. The summed E-state index contributed by atoms with van der Waals surface area (Å²) in [6.07, 6.45) is -1.06. The molecule has 0 heterocycles. The molecule has 4 heteroatoms. The van der Waals surface area contributed by atoms with Crippen LogP contribution in [0, 0.1) is 5.92 Å². The van der Waals surface area contributed by atoms with Crippen LogP contribution in [0.2, 0.25) is 0 Å². The van der Waals surface area contributed by atoms with E-state index in [0.29, 0.717) is 6.54 Å². The van der Waals surface area contributed by atoms with Crippen molar-refractivity contribution >= 4 is 0 Å². The van der Waals surface area contributed by atoms with Crippen LogP contribution in [0.5, 0.6) is 5.75 Å². The summed E-state index contributed by atoms with van der Waals surface area (Å²) in [5, 5.41) is 23.1. The SMILES string of the molecule is COc1cccc(C(O)C(NCC(C)O)C(C)C)c1.